The quantitative estimate of drug-likeness (QED) is 0.416. The van der Waals surface area contributed by atoms with Crippen molar-refractivity contribution in [1.82, 2.24) is 0 Å². The van der Waals surface area contributed by atoms with Crippen LogP contribution < -0.4 is 0 Å². The molecule has 6 nitrogen and oxygen atoms in total. The van der Waals surface area contributed by atoms with Crippen molar-refractivity contribution in [3.8, 4) is 0 Å². The number of hydrogen-bond donors (Lipinski definition) is 0. The first-order chi connectivity index (χ1) is 13.5. The fourth-order valence-electron chi connectivity index (χ4n) is 4.09. The molecule has 2 fully saturated rings. The summed E-state index contributed by atoms with van der Waals surface area (Å²) in [5, 5.41) is 0. The van der Waals surface area contributed by atoms with Crippen molar-refractivity contribution in [2.24, 2.45) is 5.92 Å². The molecule has 1 saturated carbocycles. The Bertz CT molecular complexity index is 654. The van der Waals surface area contributed by atoms with Crippen LogP contribution in [0.2, 0.25) is 0 Å². The van der Waals surface area contributed by atoms with Crippen LogP contribution in [0.3, 0.4) is 0 Å². The van der Waals surface area contributed by atoms with Gasteiger partial charge in [-0.2, -0.15) is 13.7 Å². The highest BCUT2D eigenvalue weighted by atomic mass is 19.1. The highest BCUT2D eigenvalue weighted by Gasteiger charge is 2.51. The van der Waals surface area contributed by atoms with E-state index in [1.807, 2.05) is 30.3 Å². The third-order valence-electron chi connectivity index (χ3n) is 5.84. The molecule has 154 valence electrons. The van der Waals surface area contributed by atoms with Crippen LogP contribution in [0.25, 0.3) is 0 Å². The van der Waals surface area contributed by atoms with Gasteiger partial charge in [-0.3, -0.25) is 9.53 Å². The normalized spacial score (nSPS) is 25.1. The van der Waals surface area contributed by atoms with Crippen molar-refractivity contribution in [3.63, 3.8) is 0 Å². The van der Waals surface area contributed by atoms with E-state index < -0.39 is 17.1 Å². The Morgan fingerprint density at radius 2 is 1.75 bits per heavy atom. The number of likely N-dealkylation sites (tertiary alicyclic amines) is 1. The second-order valence-electron chi connectivity index (χ2n) is 7.65. The monoisotopic (exact) mass is 394 g/mol. The Hall–Kier alpha value is -1.99. The van der Waals surface area contributed by atoms with Crippen molar-refractivity contribution in [3.05, 3.63) is 35.9 Å². The average Bonchev–Trinajstić information content (AvgIpc) is 3.24. The molecular weight excluding hydrogens is 365 g/mol. The SMILES string of the molecule is COC(=O)C1CCC(OC(F)[N+]2(C(=O)OCc3ccccc3)CCCC2)CC1. The van der Waals surface area contributed by atoms with E-state index in [1.54, 1.807) is 0 Å². The third kappa shape index (κ3) is 4.70. The molecule has 1 aromatic carbocycles. The molecule has 0 bridgehead atoms. The fraction of sp³-hybridized carbons (Fsp3) is 0.619. The van der Waals surface area contributed by atoms with E-state index in [0.29, 0.717) is 38.8 Å². The van der Waals surface area contributed by atoms with Gasteiger partial charge in [0.2, 0.25) is 0 Å². The Kier molecular flexibility index (Phi) is 7.02. The van der Waals surface area contributed by atoms with Crippen LogP contribution in [-0.4, -0.2) is 49.3 Å². The lowest BCUT2D eigenvalue weighted by molar-refractivity contribution is -0.914. The molecule has 2 aliphatic rings. The number of rotatable bonds is 6. The van der Waals surface area contributed by atoms with Gasteiger partial charge in [-0.1, -0.05) is 30.3 Å². The van der Waals surface area contributed by atoms with Gasteiger partial charge >= 0.3 is 18.5 Å². The predicted octanol–water partition coefficient (Wildman–Crippen LogP) is 3.94. The number of carbonyl (C=O) groups is 2. The molecule has 1 heterocycles. The van der Waals surface area contributed by atoms with Gasteiger partial charge in [0.25, 0.3) is 0 Å². The van der Waals surface area contributed by atoms with Crippen LogP contribution in [0.1, 0.15) is 44.1 Å². The fourth-order valence-corrected chi connectivity index (χ4v) is 4.09. The van der Waals surface area contributed by atoms with Gasteiger partial charge in [0.15, 0.2) is 0 Å². The van der Waals surface area contributed by atoms with Gasteiger partial charge in [-0.05, 0) is 31.2 Å². The van der Waals surface area contributed by atoms with Crippen molar-refractivity contribution < 1.29 is 32.7 Å². The molecule has 1 saturated heterocycles. The molecule has 0 radical (unpaired) electrons. The standard InChI is InChI=1S/C21H29FNO5/c1-26-19(24)17-9-11-18(12-10-17)28-20(22)23(13-5-6-14-23)21(25)27-15-16-7-3-2-4-8-16/h2-4,7-8,17-18,20H,5-6,9-15H2,1H3/q+1. The maximum atomic E-state index is 15.2. The van der Waals surface area contributed by atoms with Crippen LogP contribution in [-0.2, 0) is 25.6 Å². The zero-order valence-electron chi connectivity index (χ0n) is 16.3. The topological polar surface area (TPSA) is 61.8 Å². The number of halogens is 1. The maximum Gasteiger partial charge on any atom is 0.520 e. The predicted molar refractivity (Wildman–Crippen MR) is 99.6 cm³/mol. The first-order valence-electron chi connectivity index (χ1n) is 10.0. The molecule has 1 amide bonds. The highest BCUT2D eigenvalue weighted by Crippen LogP contribution is 2.33. The zero-order chi connectivity index (χ0) is 20.0. The van der Waals surface area contributed by atoms with Gasteiger partial charge in [0.05, 0.1) is 32.2 Å². The second-order valence-corrected chi connectivity index (χ2v) is 7.65. The summed E-state index contributed by atoms with van der Waals surface area (Å²) in [6, 6.07) is 9.36. The van der Waals surface area contributed by atoms with E-state index in [-0.39, 0.29) is 24.6 Å². The van der Waals surface area contributed by atoms with Gasteiger partial charge in [-0.25, -0.2) is 0 Å². The Labute approximate surface area is 165 Å². The highest BCUT2D eigenvalue weighted by molar-refractivity contribution is 5.72. The molecule has 0 N–H and O–H groups in total. The van der Waals surface area contributed by atoms with E-state index in [2.05, 4.69) is 0 Å². The Morgan fingerprint density at radius 1 is 1.11 bits per heavy atom. The number of benzene rings is 1. The third-order valence-corrected chi connectivity index (χ3v) is 5.84. The molecule has 1 aromatic rings. The summed E-state index contributed by atoms with van der Waals surface area (Å²) in [6.07, 6.45) is 3.05. The van der Waals surface area contributed by atoms with E-state index in [1.165, 1.54) is 7.11 Å². The van der Waals surface area contributed by atoms with Crippen LogP contribution in [0.4, 0.5) is 9.18 Å². The summed E-state index contributed by atoms with van der Waals surface area (Å²) >= 11 is 0. The molecule has 28 heavy (non-hydrogen) atoms. The number of amides is 1. The van der Waals surface area contributed by atoms with Gasteiger partial charge in [0, 0.05) is 12.8 Å². The minimum Gasteiger partial charge on any atom is -0.469 e. The molecule has 3 rings (SSSR count). The van der Waals surface area contributed by atoms with E-state index >= 15 is 4.39 Å². The molecular formula is C21H29FNO5+. The largest absolute Gasteiger partial charge is 0.520 e. The molecule has 1 aliphatic heterocycles. The molecule has 0 aromatic heterocycles. The lowest BCUT2D eigenvalue weighted by Gasteiger charge is -2.35. The summed E-state index contributed by atoms with van der Waals surface area (Å²) in [5.74, 6) is -0.364. The van der Waals surface area contributed by atoms with E-state index in [9.17, 15) is 9.59 Å². The minimum absolute atomic E-state index is 0.122. The maximum absolute atomic E-state index is 15.2. The summed E-state index contributed by atoms with van der Waals surface area (Å²) in [6.45, 7) is -0.861. The van der Waals surface area contributed by atoms with Crippen molar-refractivity contribution >= 4 is 12.1 Å². The number of nitrogens with zero attached hydrogens (tertiary/aromatic N) is 1. The lowest BCUT2D eigenvalue weighted by Crippen LogP contribution is -2.57. The van der Waals surface area contributed by atoms with Crippen LogP contribution >= 0.6 is 0 Å². The molecule has 1 unspecified atom stereocenters. The van der Waals surface area contributed by atoms with Crippen LogP contribution in [0.5, 0.6) is 0 Å². The van der Waals surface area contributed by atoms with Crippen molar-refractivity contribution in [2.45, 2.75) is 57.7 Å². The Balaban J connectivity index is 1.56. The summed E-state index contributed by atoms with van der Waals surface area (Å²) < 4.78 is 30.7. The van der Waals surface area contributed by atoms with Crippen molar-refractivity contribution in [2.75, 3.05) is 20.2 Å². The first kappa shape index (κ1) is 20.7. The van der Waals surface area contributed by atoms with Crippen molar-refractivity contribution in [1.29, 1.82) is 0 Å². The summed E-state index contributed by atoms with van der Waals surface area (Å²) in [4.78, 5) is 24.4. The zero-order valence-corrected chi connectivity index (χ0v) is 16.3. The second kappa shape index (κ2) is 9.47. The number of carbonyl (C=O) groups excluding carboxylic acids is 2. The Morgan fingerprint density at radius 3 is 2.36 bits per heavy atom. The molecule has 7 heteroatoms. The first-order valence-corrected chi connectivity index (χ1v) is 10.0. The number of alkyl halides is 1. The lowest BCUT2D eigenvalue weighted by atomic mass is 9.87. The molecule has 1 atom stereocenters. The number of esters is 1. The number of quaternary nitrogens is 1. The van der Waals surface area contributed by atoms with E-state index in [4.69, 9.17) is 14.2 Å². The van der Waals surface area contributed by atoms with E-state index in [0.717, 1.165) is 18.4 Å². The summed E-state index contributed by atoms with van der Waals surface area (Å²) in [7, 11) is 1.38. The average molecular weight is 394 g/mol. The minimum atomic E-state index is -1.74. The van der Waals surface area contributed by atoms with Gasteiger partial charge < -0.3 is 9.47 Å². The molecule has 0 spiro atoms. The number of ether oxygens (including phenoxy) is 3. The molecule has 1 aliphatic carbocycles. The summed E-state index contributed by atoms with van der Waals surface area (Å²) in [5.41, 5.74) is 0.866. The van der Waals surface area contributed by atoms with Gasteiger partial charge in [0.1, 0.15) is 6.61 Å². The smallest absolute Gasteiger partial charge is 0.469 e. The number of methoxy groups -OCH3 is 1. The van der Waals surface area contributed by atoms with Gasteiger partial charge in [-0.15, -0.1) is 0 Å². The number of hydrogen-bond acceptors (Lipinski definition) is 5. The van der Waals surface area contributed by atoms with Crippen LogP contribution in [0, 0.1) is 5.92 Å². The van der Waals surface area contributed by atoms with Crippen LogP contribution in [0.15, 0.2) is 30.3 Å².